The van der Waals surface area contributed by atoms with E-state index in [0.29, 0.717) is 10.6 Å². The van der Waals surface area contributed by atoms with Gasteiger partial charge in [0.25, 0.3) is 5.91 Å². The Bertz CT molecular complexity index is 1350. The second-order valence-electron chi connectivity index (χ2n) is 8.68. The first kappa shape index (κ1) is 22.3. The van der Waals surface area contributed by atoms with E-state index < -0.39 is 0 Å². The summed E-state index contributed by atoms with van der Waals surface area (Å²) in [6.45, 7) is 3.75. The minimum Gasteiger partial charge on any atom is -0.272 e. The average molecular weight is 471 g/mol. The third-order valence-corrected chi connectivity index (χ3v) is 7.41. The van der Waals surface area contributed by atoms with E-state index in [-0.39, 0.29) is 29.4 Å². The summed E-state index contributed by atoms with van der Waals surface area (Å²) in [6, 6.07) is 18.3. The molecular formula is C27H23FN4OS. The molecule has 2 heterocycles. The van der Waals surface area contributed by atoms with Gasteiger partial charge in [0.2, 0.25) is 0 Å². The van der Waals surface area contributed by atoms with Crippen molar-refractivity contribution in [3.8, 4) is 6.07 Å². The van der Waals surface area contributed by atoms with Crippen LogP contribution in [0.2, 0.25) is 0 Å². The number of rotatable bonds is 4. The van der Waals surface area contributed by atoms with Crippen molar-refractivity contribution in [1.82, 2.24) is 9.99 Å². The van der Waals surface area contributed by atoms with Crippen LogP contribution in [-0.4, -0.2) is 27.4 Å². The molecule has 0 saturated heterocycles. The first-order valence-corrected chi connectivity index (χ1v) is 12.2. The number of carbonyl (C=O) groups excluding carboxylic acids is 1. The summed E-state index contributed by atoms with van der Waals surface area (Å²) in [5, 5.41) is 16.5. The van der Waals surface area contributed by atoms with Gasteiger partial charge < -0.3 is 0 Å². The third-order valence-electron chi connectivity index (χ3n) is 6.45. The highest BCUT2D eigenvalue weighted by Crippen LogP contribution is 2.43. The molecule has 0 fully saturated rings. The smallest absolute Gasteiger partial charge is 0.253 e. The lowest BCUT2D eigenvalue weighted by Gasteiger charge is -2.29. The number of pyridine rings is 1. The van der Waals surface area contributed by atoms with Gasteiger partial charge in [-0.25, -0.2) is 14.4 Å². The Morgan fingerprint density at radius 1 is 1.21 bits per heavy atom. The van der Waals surface area contributed by atoms with Crippen molar-refractivity contribution in [1.29, 1.82) is 5.26 Å². The Balaban J connectivity index is 1.48. The molecule has 0 spiro atoms. The summed E-state index contributed by atoms with van der Waals surface area (Å²) in [5.41, 5.74) is 6.24. The largest absolute Gasteiger partial charge is 0.272 e. The summed E-state index contributed by atoms with van der Waals surface area (Å²) >= 11 is 1.26. The molecule has 0 radical (unpaired) electrons. The van der Waals surface area contributed by atoms with E-state index in [4.69, 9.17) is 5.10 Å². The fourth-order valence-electron chi connectivity index (χ4n) is 4.90. The zero-order valence-electron chi connectivity index (χ0n) is 19.0. The third kappa shape index (κ3) is 3.99. The van der Waals surface area contributed by atoms with Crippen molar-refractivity contribution in [2.45, 2.75) is 37.8 Å². The Labute approximate surface area is 202 Å². The molecule has 0 saturated carbocycles. The molecule has 7 heteroatoms. The van der Waals surface area contributed by atoms with Crippen LogP contribution in [0.25, 0.3) is 0 Å². The lowest BCUT2D eigenvalue weighted by atomic mass is 9.77. The zero-order valence-corrected chi connectivity index (χ0v) is 19.8. The minimum absolute atomic E-state index is 0.0447. The van der Waals surface area contributed by atoms with E-state index in [0.717, 1.165) is 40.9 Å². The van der Waals surface area contributed by atoms with Crippen molar-refractivity contribution >= 4 is 23.4 Å². The minimum atomic E-state index is -0.310. The van der Waals surface area contributed by atoms with Gasteiger partial charge in [-0.1, -0.05) is 48.2 Å². The van der Waals surface area contributed by atoms with Crippen LogP contribution in [0.3, 0.4) is 0 Å². The highest BCUT2D eigenvalue weighted by Gasteiger charge is 2.43. The second-order valence-corrected chi connectivity index (χ2v) is 9.65. The molecule has 170 valence electrons. The van der Waals surface area contributed by atoms with Crippen LogP contribution in [-0.2, 0) is 11.2 Å². The van der Waals surface area contributed by atoms with E-state index in [1.165, 1.54) is 29.5 Å². The lowest BCUT2D eigenvalue weighted by molar-refractivity contribution is -0.130. The molecule has 1 amide bonds. The number of nitriles is 1. The summed E-state index contributed by atoms with van der Waals surface area (Å²) < 4.78 is 13.7. The van der Waals surface area contributed by atoms with E-state index in [9.17, 15) is 14.4 Å². The topological polar surface area (TPSA) is 69.3 Å². The van der Waals surface area contributed by atoms with Crippen LogP contribution in [0.1, 0.15) is 46.0 Å². The molecule has 1 aromatic heterocycles. The van der Waals surface area contributed by atoms with E-state index in [1.807, 2.05) is 32.0 Å². The van der Waals surface area contributed by atoms with Crippen molar-refractivity contribution in [3.63, 3.8) is 0 Å². The van der Waals surface area contributed by atoms with Gasteiger partial charge in [0.05, 0.1) is 23.1 Å². The number of hydrazone groups is 1. The predicted molar refractivity (Wildman–Crippen MR) is 130 cm³/mol. The summed E-state index contributed by atoms with van der Waals surface area (Å²) in [7, 11) is 0. The maximum Gasteiger partial charge on any atom is 0.253 e. The molecule has 0 N–H and O–H groups in total. The number of aromatic nitrogens is 1. The molecular weight excluding hydrogens is 447 g/mol. The highest BCUT2D eigenvalue weighted by atomic mass is 32.2. The molecule has 0 bridgehead atoms. The van der Waals surface area contributed by atoms with Crippen LogP contribution in [0.4, 0.5) is 4.39 Å². The number of halogens is 1. The summed E-state index contributed by atoms with van der Waals surface area (Å²) in [6.07, 6.45) is 1.78. The number of hydrogen-bond acceptors (Lipinski definition) is 5. The maximum absolute atomic E-state index is 13.7. The van der Waals surface area contributed by atoms with Gasteiger partial charge in [-0.05, 0) is 61.6 Å². The highest BCUT2D eigenvalue weighted by molar-refractivity contribution is 8.00. The Morgan fingerprint density at radius 2 is 1.97 bits per heavy atom. The molecule has 0 unspecified atom stereocenters. The van der Waals surface area contributed by atoms with Crippen LogP contribution >= 0.6 is 11.8 Å². The lowest BCUT2D eigenvalue weighted by Crippen LogP contribution is -2.33. The monoisotopic (exact) mass is 470 g/mol. The Hall–Kier alpha value is -3.50. The van der Waals surface area contributed by atoms with Gasteiger partial charge in [0.1, 0.15) is 16.9 Å². The van der Waals surface area contributed by atoms with Gasteiger partial charge in [-0.15, -0.1) is 0 Å². The molecule has 1 aliphatic heterocycles. The average Bonchev–Trinajstić information content (AvgIpc) is 3.23. The zero-order chi connectivity index (χ0) is 23.8. The van der Waals surface area contributed by atoms with Crippen molar-refractivity contribution < 1.29 is 9.18 Å². The van der Waals surface area contributed by atoms with E-state index in [1.54, 1.807) is 17.1 Å². The molecule has 5 nitrogen and oxygen atoms in total. The molecule has 2 aliphatic rings. The number of hydrogen-bond donors (Lipinski definition) is 0. The molecule has 2 aromatic carbocycles. The maximum atomic E-state index is 13.7. The number of carbonyl (C=O) groups is 1. The normalized spacial score (nSPS) is 18.6. The molecule has 1 aliphatic carbocycles. The number of aryl methyl sites for hydroxylation is 3. The van der Waals surface area contributed by atoms with Gasteiger partial charge in [0.15, 0.2) is 0 Å². The van der Waals surface area contributed by atoms with Gasteiger partial charge >= 0.3 is 0 Å². The molecule has 2 atom stereocenters. The van der Waals surface area contributed by atoms with Crippen molar-refractivity contribution in [3.05, 3.63) is 93.9 Å². The first-order chi connectivity index (χ1) is 16.5. The summed E-state index contributed by atoms with van der Waals surface area (Å²) in [4.78, 5) is 18.0. The molecule has 34 heavy (non-hydrogen) atoms. The number of amides is 1. The van der Waals surface area contributed by atoms with Crippen LogP contribution in [0.15, 0.2) is 64.7 Å². The quantitative estimate of drug-likeness (QED) is 0.482. The Morgan fingerprint density at radius 3 is 2.74 bits per heavy atom. The SMILES string of the molecule is Cc1cc(C)c(C#N)c(SCC(=O)N2N=C3c4ccccc4CC[C@H]3[C@@H]2c2ccc(F)cc2)n1. The number of benzene rings is 2. The summed E-state index contributed by atoms with van der Waals surface area (Å²) in [5.74, 6) is -0.324. The van der Waals surface area contributed by atoms with Gasteiger partial charge in [-0.3, -0.25) is 4.79 Å². The number of fused-ring (bicyclic) bond motifs is 3. The van der Waals surface area contributed by atoms with Gasteiger partial charge in [-0.2, -0.15) is 10.4 Å². The van der Waals surface area contributed by atoms with Crippen LogP contribution in [0.5, 0.6) is 0 Å². The predicted octanol–water partition coefficient (Wildman–Crippen LogP) is 5.35. The van der Waals surface area contributed by atoms with Crippen LogP contribution in [0, 0.1) is 36.9 Å². The molecule has 5 rings (SSSR count). The fraction of sp³-hybridized carbons (Fsp3) is 0.259. The second kappa shape index (κ2) is 9.03. The van der Waals surface area contributed by atoms with Crippen molar-refractivity contribution in [2.24, 2.45) is 11.0 Å². The number of thioether (sulfide) groups is 1. The number of nitrogens with zero attached hydrogens (tertiary/aromatic N) is 4. The van der Waals surface area contributed by atoms with E-state index in [2.05, 4.69) is 23.2 Å². The fourth-order valence-corrected chi connectivity index (χ4v) is 5.86. The molecule has 3 aromatic rings. The first-order valence-electron chi connectivity index (χ1n) is 11.2. The Kier molecular flexibility index (Phi) is 5.93. The van der Waals surface area contributed by atoms with Gasteiger partial charge in [0, 0.05) is 17.2 Å². The van der Waals surface area contributed by atoms with Crippen LogP contribution < -0.4 is 0 Å². The van der Waals surface area contributed by atoms with E-state index >= 15 is 0 Å². The van der Waals surface area contributed by atoms with Crippen molar-refractivity contribution in [2.75, 3.05) is 5.75 Å². The standard InChI is InChI=1S/C27H23FN4OS/c1-16-13-17(2)30-27(23(16)14-29)34-15-24(33)32-26(19-7-10-20(28)11-8-19)22-12-9-18-5-3-4-6-21(18)25(22)31-32/h3-8,10-11,13,22,26H,9,12,15H2,1-2H3/t22-,26+/m1/s1.